The van der Waals surface area contributed by atoms with Crippen LogP contribution in [0.4, 0.5) is 4.79 Å². The first-order chi connectivity index (χ1) is 12.3. The first-order valence-electron chi connectivity index (χ1n) is 9.81. The topological polar surface area (TPSA) is 84.5 Å². The Balaban J connectivity index is 1.23. The van der Waals surface area contributed by atoms with Gasteiger partial charge >= 0.3 is 12.0 Å². The van der Waals surface area contributed by atoms with Crippen molar-refractivity contribution < 1.29 is 19.1 Å². The minimum Gasteiger partial charge on any atom is -0.465 e. The summed E-state index contributed by atoms with van der Waals surface area (Å²) in [6, 6.07) is -0.432. The average molecular weight is 360 g/mol. The van der Waals surface area contributed by atoms with Crippen LogP contribution in [0.5, 0.6) is 0 Å². The van der Waals surface area contributed by atoms with Crippen molar-refractivity contribution in [1.82, 2.24) is 10.6 Å². The van der Waals surface area contributed by atoms with E-state index in [0.717, 1.165) is 18.8 Å². The third-order valence-electron chi connectivity index (χ3n) is 7.40. The molecule has 1 heterocycles. The fourth-order valence-electron chi connectivity index (χ4n) is 5.37. The van der Waals surface area contributed by atoms with Crippen molar-refractivity contribution >= 4 is 17.9 Å². The van der Waals surface area contributed by atoms with E-state index in [-0.39, 0.29) is 17.8 Å². The Bertz CT molecular complexity index is 673. The summed E-state index contributed by atoms with van der Waals surface area (Å²) in [6.45, 7) is 5.14. The number of nitrogens with one attached hydrogen (secondary N) is 2. The van der Waals surface area contributed by atoms with Crippen LogP contribution in [0, 0.1) is 23.2 Å². The molecule has 2 saturated carbocycles. The van der Waals surface area contributed by atoms with Gasteiger partial charge < -0.3 is 10.1 Å². The Morgan fingerprint density at radius 3 is 2.58 bits per heavy atom. The maximum Gasteiger partial charge on any atom is 0.322 e. The zero-order valence-electron chi connectivity index (χ0n) is 15.6. The third kappa shape index (κ3) is 2.74. The molecule has 0 aromatic carbocycles. The van der Waals surface area contributed by atoms with E-state index in [1.165, 1.54) is 12.0 Å². The normalized spacial score (nSPS) is 31.7. The van der Waals surface area contributed by atoms with E-state index in [1.807, 2.05) is 0 Å². The van der Waals surface area contributed by atoms with Gasteiger partial charge in [-0.2, -0.15) is 0 Å². The lowest BCUT2D eigenvalue weighted by molar-refractivity contribution is -0.150. The molecule has 2 unspecified atom stereocenters. The monoisotopic (exact) mass is 360 g/mol. The molecule has 3 fully saturated rings. The minimum atomic E-state index is -0.812. The highest BCUT2D eigenvalue weighted by atomic mass is 16.5. The van der Waals surface area contributed by atoms with Gasteiger partial charge in [0.2, 0.25) is 0 Å². The summed E-state index contributed by atoms with van der Waals surface area (Å²) in [6.07, 6.45) is 7.77. The standard InChI is InChI=1S/C20H28N2O4/c1-19(2)14-4-3-12(15(19)11-14)7-10-26-16(23)13-5-8-20(9-6-13)17(24)21-18(25)22-20/h3,13-15H,4-11H2,1-2H3,(H2,21,22,24,25). The van der Waals surface area contributed by atoms with E-state index >= 15 is 0 Å². The minimum absolute atomic E-state index is 0.160. The molecule has 1 spiro atoms. The maximum atomic E-state index is 12.4. The van der Waals surface area contributed by atoms with E-state index in [4.69, 9.17) is 4.74 Å². The Hall–Kier alpha value is -1.85. The molecule has 2 bridgehead atoms. The first kappa shape index (κ1) is 17.6. The molecule has 4 aliphatic carbocycles. The molecule has 6 nitrogen and oxygen atoms in total. The van der Waals surface area contributed by atoms with Gasteiger partial charge in [-0.25, -0.2) is 4.79 Å². The number of amides is 3. The SMILES string of the molecule is CC1(C)C2CC=C(CCOC(=O)C3CCC4(CC3)NC(=O)NC4=O)C1C2. The van der Waals surface area contributed by atoms with Crippen LogP contribution in [-0.2, 0) is 14.3 Å². The van der Waals surface area contributed by atoms with Gasteiger partial charge in [-0.05, 0) is 55.8 Å². The summed E-state index contributed by atoms with van der Waals surface area (Å²) < 4.78 is 5.55. The van der Waals surface area contributed by atoms with Crippen molar-refractivity contribution in [2.24, 2.45) is 23.2 Å². The molecule has 5 rings (SSSR count). The second-order valence-electron chi connectivity index (χ2n) is 9.00. The van der Waals surface area contributed by atoms with Gasteiger partial charge in [-0.1, -0.05) is 25.5 Å². The van der Waals surface area contributed by atoms with Gasteiger partial charge in [0.1, 0.15) is 5.54 Å². The Labute approximate surface area is 154 Å². The number of fused-ring (bicyclic) bond motifs is 1. The quantitative estimate of drug-likeness (QED) is 0.459. The van der Waals surface area contributed by atoms with Crippen molar-refractivity contribution in [3.8, 4) is 0 Å². The van der Waals surface area contributed by atoms with Crippen LogP contribution < -0.4 is 10.6 Å². The molecular weight excluding hydrogens is 332 g/mol. The summed E-state index contributed by atoms with van der Waals surface area (Å²) >= 11 is 0. The first-order valence-corrected chi connectivity index (χ1v) is 9.81. The van der Waals surface area contributed by atoms with Crippen LogP contribution in [-0.4, -0.2) is 30.1 Å². The van der Waals surface area contributed by atoms with E-state index in [2.05, 4.69) is 30.6 Å². The Morgan fingerprint density at radius 1 is 1.27 bits per heavy atom. The predicted molar refractivity (Wildman–Crippen MR) is 95.0 cm³/mol. The highest BCUT2D eigenvalue weighted by Crippen LogP contribution is 2.59. The summed E-state index contributed by atoms with van der Waals surface area (Å²) in [5.74, 6) is 0.878. The smallest absolute Gasteiger partial charge is 0.322 e. The van der Waals surface area contributed by atoms with E-state index in [1.54, 1.807) is 0 Å². The molecule has 5 aliphatic rings. The van der Waals surface area contributed by atoms with Gasteiger partial charge in [0.15, 0.2) is 0 Å². The molecule has 142 valence electrons. The fourth-order valence-corrected chi connectivity index (χ4v) is 5.37. The average Bonchev–Trinajstić information content (AvgIpc) is 2.88. The van der Waals surface area contributed by atoms with Crippen molar-refractivity contribution in [2.45, 2.75) is 64.3 Å². The van der Waals surface area contributed by atoms with Crippen LogP contribution >= 0.6 is 0 Å². The van der Waals surface area contributed by atoms with Crippen LogP contribution in [0.1, 0.15) is 58.8 Å². The lowest BCUT2D eigenvalue weighted by atomic mass is 9.48. The van der Waals surface area contributed by atoms with Crippen molar-refractivity contribution in [3.63, 3.8) is 0 Å². The highest BCUT2D eigenvalue weighted by Gasteiger charge is 2.51. The number of hydrogen-bond donors (Lipinski definition) is 2. The number of ether oxygens (including phenoxy) is 1. The second-order valence-corrected chi connectivity index (χ2v) is 9.00. The highest BCUT2D eigenvalue weighted by molar-refractivity contribution is 6.07. The summed E-state index contributed by atoms with van der Waals surface area (Å²) in [7, 11) is 0. The zero-order chi connectivity index (χ0) is 18.5. The number of carbonyl (C=O) groups is 3. The Kier molecular flexibility index (Phi) is 4.12. The molecule has 3 amide bonds. The van der Waals surface area contributed by atoms with Crippen LogP contribution in [0.3, 0.4) is 0 Å². The molecular formula is C20H28N2O4. The zero-order valence-corrected chi connectivity index (χ0v) is 15.6. The third-order valence-corrected chi connectivity index (χ3v) is 7.40. The largest absolute Gasteiger partial charge is 0.465 e. The molecule has 1 saturated heterocycles. The summed E-state index contributed by atoms with van der Waals surface area (Å²) in [5.41, 5.74) is 1.05. The Morgan fingerprint density at radius 2 is 2.00 bits per heavy atom. The molecule has 2 N–H and O–H groups in total. The number of allylic oxidation sites excluding steroid dienone is 1. The van der Waals surface area contributed by atoms with E-state index < -0.39 is 11.6 Å². The lowest BCUT2D eigenvalue weighted by Crippen LogP contribution is -2.50. The number of imide groups is 1. The number of esters is 1. The van der Waals surface area contributed by atoms with Crippen LogP contribution in [0.25, 0.3) is 0 Å². The van der Waals surface area contributed by atoms with Gasteiger partial charge in [-0.15, -0.1) is 0 Å². The predicted octanol–water partition coefficient (Wildman–Crippen LogP) is 2.68. The van der Waals surface area contributed by atoms with E-state index in [9.17, 15) is 14.4 Å². The van der Waals surface area contributed by atoms with Gasteiger partial charge in [-0.3, -0.25) is 14.9 Å². The van der Waals surface area contributed by atoms with Crippen LogP contribution in [0.15, 0.2) is 11.6 Å². The van der Waals surface area contributed by atoms with Crippen molar-refractivity contribution in [1.29, 1.82) is 0 Å². The van der Waals surface area contributed by atoms with Gasteiger partial charge in [0, 0.05) is 6.42 Å². The molecule has 2 atom stereocenters. The number of carbonyl (C=O) groups excluding carboxylic acids is 3. The van der Waals surface area contributed by atoms with Crippen LogP contribution in [0.2, 0.25) is 0 Å². The molecule has 0 aromatic heterocycles. The number of rotatable bonds is 4. The summed E-state index contributed by atoms with van der Waals surface area (Å²) in [5, 5.41) is 5.02. The molecule has 0 radical (unpaired) electrons. The maximum absolute atomic E-state index is 12.4. The fraction of sp³-hybridized carbons (Fsp3) is 0.750. The molecule has 1 aliphatic heterocycles. The lowest BCUT2D eigenvalue weighted by Gasteiger charge is -2.56. The molecule has 6 heteroatoms. The van der Waals surface area contributed by atoms with Gasteiger partial charge in [0.05, 0.1) is 12.5 Å². The number of urea groups is 1. The molecule has 26 heavy (non-hydrogen) atoms. The summed E-state index contributed by atoms with van der Waals surface area (Å²) in [4.78, 5) is 35.7. The van der Waals surface area contributed by atoms with Crippen molar-refractivity contribution in [2.75, 3.05) is 6.61 Å². The second kappa shape index (κ2) is 6.10. The van der Waals surface area contributed by atoms with E-state index in [0.29, 0.717) is 43.6 Å². The van der Waals surface area contributed by atoms with Gasteiger partial charge in [0.25, 0.3) is 5.91 Å². The molecule has 0 aromatic rings. The van der Waals surface area contributed by atoms with Crippen molar-refractivity contribution in [3.05, 3.63) is 11.6 Å². The number of hydrogen-bond acceptors (Lipinski definition) is 4.